The SMILES string of the molecule is CC(C)c1cccc(F)c1CSc1ccc2c(c1)OCC21CCN(CCC(=O)O)CC1. The third kappa shape index (κ3) is 4.75. The lowest BCUT2D eigenvalue weighted by atomic mass is 9.74. The Kier molecular flexibility index (Phi) is 6.58. The molecule has 0 aliphatic carbocycles. The summed E-state index contributed by atoms with van der Waals surface area (Å²) in [7, 11) is 0. The van der Waals surface area contributed by atoms with Crippen molar-refractivity contribution in [2.45, 2.75) is 55.1 Å². The number of thioether (sulfide) groups is 1. The lowest BCUT2D eigenvalue weighted by Gasteiger charge is -2.38. The van der Waals surface area contributed by atoms with Crippen LogP contribution in [0.25, 0.3) is 0 Å². The number of piperidine rings is 1. The Morgan fingerprint density at radius 3 is 2.74 bits per heavy atom. The Bertz CT molecular complexity index is 954. The number of hydrogen-bond donors (Lipinski definition) is 1. The van der Waals surface area contributed by atoms with Crippen molar-refractivity contribution in [1.82, 2.24) is 4.90 Å². The quantitative estimate of drug-likeness (QED) is 0.577. The molecular formula is C25H30FNO3S. The highest BCUT2D eigenvalue weighted by Crippen LogP contribution is 2.47. The monoisotopic (exact) mass is 443 g/mol. The Labute approximate surface area is 187 Å². The minimum atomic E-state index is -0.740. The summed E-state index contributed by atoms with van der Waals surface area (Å²) in [5.74, 6) is 0.959. The van der Waals surface area contributed by atoms with Gasteiger partial charge in [-0.1, -0.05) is 32.0 Å². The first-order chi connectivity index (χ1) is 14.9. The molecule has 1 spiro atoms. The molecule has 0 atom stereocenters. The molecule has 4 nitrogen and oxygen atoms in total. The summed E-state index contributed by atoms with van der Waals surface area (Å²) in [5.41, 5.74) is 3.16. The molecule has 2 heterocycles. The molecule has 2 aromatic carbocycles. The molecule has 1 N–H and O–H groups in total. The van der Waals surface area contributed by atoms with E-state index in [1.807, 2.05) is 6.07 Å². The number of benzene rings is 2. The van der Waals surface area contributed by atoms with Crippen molar-refractivity contribution in [3.05, 3.63) is 58.9 Å². The molecule has 166 valence electrons. The highest BCUT2D eigenvalue weighted by molar-refractivity contribution is 7.98. The topological polar surface area (TPSA) is 49.8 Å². The molecule has 0 bridgehead atoms. The van der Waals surface area contributed by atoms with Crippen LogP contribution in [-0.4, -0.2) is 42.2 Å². The van der Waals surface area contributed by atoms with Gasteiger partial charge in [0.05, 0.1) is 13.0 Å². The number of nitrogens with zero attached hydrogens (tertiary/aromatic N) is 1. The van der Waals surface area contributed by atoms with Gasteiger partial charge in [-0.2, -0.15) is 0 Å². The first-order valence-electron chi connectivity index (χ1n) is 11.0. The van der Waals surface area contributed by atoms with Gasteiger partial charge in [0.15, 0.2) is 0 Å². The Morgan fingerprint density at radius 1 is 1.26 bits per heavy atom. The highest BCUT2D eigenvalue weighted by Gasteiger charge is 2.43. The average Bonchev–Trinajstić information content (AvgIpc) is 3.09. The lowest BCUT2D eigenvalue weighted by Crippen LogP contribution is -2.44. The number of ether oxygens (including phenoxy) is 1. The van der Waals surface area contributed by atoms with Crippen LogP contribution in [0, 0.1) is 5.82 Å². The minimum absolute atomic E-state index is 0.0363. The van der Waals surface area contributed by atoms with Gasteiger partial charge < -0.3 is 14.7 Å². The van der Waals surface area contributed by atoms with Crippen LogP contribution in [0.15, 0.2) is 41.3 Å². The zero-order valence-electron chi connectivity index (χ0n) is 18.2. The van der Waals surface area contributed by atoms with Crippen molar-refractivity contribution in [3.8, 4) is 5.75 Å². The van der Waals surface area contributed by atoms with Crippen LogP contribution in [-0.2, 0) is 16.0 Å². The van der Waals surface area contributed by atoms with Gasteiger partial charge in [0, 0.05) is 33.7 Å². The Balaban J connectivity index is 1.43. The van der Waals surface area contributed by atoms with Crippen LogP contribution in [0.1, 0.15) is 55.7 Å². The summed E-state index contributed by atoms with van der Waals surface area (Å²) in [5, 5.41) is 8.91. The van der Waals surface area contributed by atoms with Crippen molar-refractivity contribution in [1.29, 1.82) is 0 Å². The number of likely N-dealkylation sites (tertiary alicyclic amines) is 1. The van der Waals surface area contributed by atoms with Gasteiger partial charge in [-0.05, 0) is 55.6 Å². The van der Waals surface area contributed by atoms with E-state index >= 15 is 0 Å². The van der Waals surface area contributed by atoms with E-state index in [-0.39, 0.29) is 23.6 Å². The van der Waals surface area contributed by atoms with Crippen LogP contribution in [0.4, 0.5) is 4.39 Å². The first-order valence-corrected chi connectivity index (χ1v) is 12.0. The molecule has 1 fully saturated rings. The molecule has 0 aromatic heterocycles. The fourth-order valence-electron chi connectivity index (χ4n) is 4.74. The van der Waals surface area contributed by atoms with Crippen molar-refractivity contribution >= 4 is 17.7 Å². The molecule has 2 aliphatic rings. The van der Waals surface area contributed by atoms with E-state index in [4.69, 9.17) is 9.84 Å². The van der Waals surface area contributed by atoms with Gasteiger partial charge in [0.1, 0.15) is 11.6 Å². The highest BCUT2D eigenvalue weighted by atomic mass is 32.2. The summed E-state index contributed by atoms with van der Waals surface area (Å²) in [4.78, 5) is 14.2. The first kappa shape index (κ1) is 22.2. The number of halogens is 1. The molecule has 2 aromatic rings. The van der Waals surface area contributed by atoms with Gasteiger partial charge in [-0.15, -0.1) is 11.8 Å². The van der Waals surface area contributed by atoms with E-state index in [0.717, 1.165) is 47.7 Å². The van der Waals surface area contributed by atoms with E-state index in [2.05, 4.69) is 36.9 Å². The molecular weight excluding hydrogens is 413 g/mol. The molecule has 0 unspecified atom stereocenters. The Morgan fingerprint density at radius 2 is 2.03 bits per heavy atom. The standard InChI is InChI=1S/C25H30FNO3S/c1-17(2)19-4-3-5-22(26)20(19)15-31-18-6-7-21-23(14-18)30-16-25(21)9-12-27(13-10-25)11-8-24(28)29/h3-7,14,17H,8-13,15-16H2,1-2H3,(H,28,29). The molecule has 2 aliphatic heterocycles. The number of carboxylic acid groups (broad SMARTS) is 1. The number of rotatable bonds is 7. The van der Waals surface area contributed by atoms with E-state index < -0.39 is 5.97 Å². The maximum Gasteiger partial charge on any atom is 0.304 e. The summed E-state index contributed by atoms with van der Waals surface area (Å²) in [6.45, 7) is 7.30. The second-order valence-corrected chi connectivity index (χ2v) is 10.0. The maximum absolute atomic E-state index is 14.4. The predicted molar refractivity (Wildman–Crippen MR) is 122 cm³/mol. The van der Waals surface area contributed by atoms with Crippen LogP contribution in [0.5, 0.6) is 5.75 Å². The van der Waals surface area contributed by atoms with E-state index in [1.165, 1.54) is 5.56 Å². The van der Waals surface area contributed by atoms with Crippen molar-refractivity contribution < 1.29 is 19.0 Å². The van der Waals surface area contributed by atoms with Gasteiger partial charge in [0.2, 0.25) is 0 Å². The molecule has 1 saturated heterocycles. The molecule has 4 rings (SSSR count). The number of aliphatic carboxylic acids is 1. The zero-order chi connectivity index (χ0) is 22.0. The molecule has 0 amide bonds. The van der Waals surface area contributed by atoms with Crippen molar-refractivity contribution in [3.63, 3.8) is 0 Å². The Hall–Kier alpha value is -2.05. The number of hydrogen-bond acceptors (Lipinski definition) is 4. The van der Waals surface area contributed by atoms with Gasteiger partial charge in [-0.25, -0.2) is 4.39 Å². The summed E-state index contributed by atoms with van der Waals surface area (Å²) in [6, 6.07) is 11.8. The van der Waals surface area contributed by atoms with Crippen LogP contribution < -0.4 is 4.74 Å². The summed E-state index contributed by atoms with van der Waals surface area (Å²) >= 11 is 1.65. The van der Waals surface area contributed by atoms with Crippen LogP contribution >= 0.6 is 11.8 Å². The lowest BCUT2D eigenvalue weighted by molar-refractivity contribution is -0.137. The van der Waals surface area contributed by atoms with E-state index in [0.29, 0.717) is 18.9 Å². The molecule has 0 radical (unpaired) electrons. The van der Waals surface area contributed by atoms with Crippen molar-refractivity contribution in [2.75, 3.05) is 26.2 Å². The smallest absolute Gasteiger partial charge is 0.304 e. The van der Waals surface area contributed by atoms with Crippen LogP contribution in [0.3, 0.4) is 0 Å². The third-order valence-electron chi connectivity index (χ3n) is 6.64. The number of fused-ring (bicyclic) bond motifs is 2. The fourth-order valence-corrected chi connectivity index (χ4v) is 5.71. The summed E-state index contributed by atoms with van der Waals surface area (Å²) in [6.07, 6.45) is 2.17. The second kappa shape index (κ2) is 9.21. The van der Waals surface area contributed by atoms with Gasteiger partial charge in [-0.3, -0.25) is 4.79 Å². The minimum Gasteiger partial charge on any atom is -0.492 e. The fraction of sp³-hybridized carbons (Fsp3) is 0.480. The molecule has 31 heavy (non-hydrogen) atoms. The predicted octanol–water partition coefficient (Wildman–Crippen LogP) is 5.44. The number of carboxylic acids is 1. The largest absolute Gasteiger partial charge is 0.492 e. The average molecular weight is 444 g/mol. The van der Waals surface area contributed by atoms with E-state index in [9.17, 15) is 9.18 Å². The van der Waals surface area contributed by atoms with Gasteiger partial charge in [0.25, 0.3) is 0 Å². The molecule has 0 saturated carbocycles. The number of carbonyl (C=O) groups is 1. The third-order valence-corrected chi connectivity index (χ3v) is 7.66. The van der Waals surface area contributed by atoms with Gasteiger partial charge >= 0.3 is 5.97 Å². The summed E-state index contributed by atoms with van der Waals surface area (Å²) < 4.78 is 20.5. The van der Waals surface area contributed by atoms with Crippen LogP contribution in [0.2, 0.25) is 0 Å². The normalized spacial score (nSPS) is 17.7. The maximum atomic E-state index is 14.4. The van der Waals surface area contributed by atoms with Crippen molar-refractivity contribution in [2.24, 2.45) is 0 Å². The van der Waals surface area contributed by atoms with E-state index in [1.54, 1.807) is 23.9 Å². The zero-order valence-corrected chi connectivity index (χ0v) is 19.0. The second-order valence-electron chi connectivity index (χ2n) is 8.96. The molecule has 6 heteroatoms.